The molecule has 3 aliphatic carbocycles. The molecule has 0 aromatic heterocycles. The van der Waals surface area contributed by atoms with E-state index in [-0.39, 0.29) is 29.6 Å². The van der Waals surface area contributed by atoms with Gasteiger partial charge < -0.3 is 0 Å². The molecule has 0 saturated carbocycles. The molecular formula is C32H22ClN3O5. The third-order valence-corrected chi connectivity index (χ3v) is 8.85. The van der Waals surface area contributed by atoms with E-state index in [2.05, 4.69) is 0 Å². The first kappa shape index (κ1) is 25.2. The van der Waals surface area contributed by atoms with Crippen LogP contribution in [0.25, 0.3) is 0 Å². The van der Waals surface area contributed by atoms with Gasteiger partial charge in [0.2, 0.25) is 0 Å². The number of hydrogen-bond donors (Lipinski definition) is 0. The predicted octanol–water partition coefficient (Wildman–Crippen LogP) is 5.70. The van der Waals surface area contributed by atoms with E-state index >= 15 is 0 Å². The summed E-state index contributed by atoms with van der Waals surface area (Å²) >= 11 is 6.45. The Morgan fingerprint density at radius 3 is 1.80 bits per heavy atom. The summed E-state index contributed by atoms with van der Waals surface area (Å²) in [6.07, 6.45) is 0. The second kappa shape index (κ2) is 9.38. The first-order valence-electron chi connectivity index (χ1n) is 13.2. The van der Waals surface area contributed by atoms with Crippen LogP contribution < -0.4 is 0 Å². The number of nitro benzene ring substituents is 1. The van der Waals surface area contributed by atoms with Gasteiger partial charge in [-0.1, -0.05) is 84.4 Å². The zero-order chi connectivity index (χ0) is 28.4. The van der Waals surface area contributed by atoms with Gasteiger partial charge in [-0.2, -0.15) is 5.01 Å². The molecule has 4 aromatic rings. The fourth-order valence-electron chi connectivity index (χ4n) is 6.82. The number of imide groups is 1. The summed E-state index contributed by atoms with van der Waals surface area (Å²) in [5.74, 6) is -3.71. The maximum Gasteiger partial charge on any atom is 0.273 e. The molecule has 0 N–H and O–H groups in total. The summed E-state index contributed by atoms with van der Waals surface area (Å²) in [5, 5.41) is 13.9. The lowest BCUT2D eigenvalue weighted by molar-refractivity contribution is -0.384. The predicted molar refractivity (Wildman–Crippen MR) is 150 cm³/mol. The van der Waals surface area contributed by atoms with Crippen molar-refractivity contribution in [2.75, 3.05) is 0 Å². The Morgan fingerprint density at radius 1 is 0.780 bits per heavy atom. The summed E-state index contributed by atoms with van der Waals surface area (Å²) in [4.78, 5) is 53.6. The van der Waals surface area contributed by atoms with Gasteiger partial charge in [0, 0.05) is 34.6 Å². The van der Waals surface area contributed by atoms with E-state index in [0.29, 0.717) is 10.6 Å². The largest absolute Gasteiger partial charge is 0.273 e. The van der Waals surface area contributed by atoms with Crippen LogP contribution in [0.15, 0.2) is 97.1 Å². The average Bonchev–Trinajstić information content (AvgIpc) is 3.26. The molecule has 0 unspecified atom stereocenters. The van der Waals surface area contributed by atoms with Crippen molar-refractivity contribution in [3.8, 4) is 0 Å². The van der Waals surface area contributed by atoms with Crippen LogP contribution in [0.1, 0.15) is 50.0 Å². The highest BCUT2D eigenvalue weighted by Gasteiger charge is 2.63. The van der Waals surface area contributed by atoms with Crippen LogP contribution in [0.3, 0.4) is 0 Å². The van der Waals surface area contributed by atoms with Crippen molar-refractivity contribution in [3.05, 3.63) is 146 Å². The number of benzene rings is 4. The molecule has 41 heavy (non-hydrogen) atoms. The molecule has 1 aliphatic heterocycles. The molecular weight excluding hydrogens is 542 g/mol. The summed E-state index contributed by atoms with van der Waals surface area (Å²) in [7, 11) is 0. The van der Waals surface area contributed by atoms with Crippen LogP contribution in [0, 0.1) is 22.0 Å². The molecule has 2 bridgehead atoms. The van der Waals surface area contributed by atoms with Crippen molar-refractivity contribution < 1.29 is 19.3 Å². The fourth-order valence-corrected chi connectivity index (χ4v) is 7.02. The number of nitro groups is 1. The summed E-state index contributed by atoms with van der Waals surface area (Å²) in [5.41, 5.74) is 4.30. The molecule has 4 aromatic carbocycles. The number of carbonyl (C=O) groups is 3. The number of rotatable bonds is 5. The molecule has 202 valence electrons. The van der Waals surface area contributed by atoms with Gasteiger partial charge in [0.1, 0.15) is 0 Å². The Morgan fingerprint density at radius 2 is 1.29 bits per heavy atom. The van der Waals surface area contributed by atoms with Crippen LogP contribution in [-0.2, 0) is 16.1 Å². The lowest BCUT2D eigenvalue weighted by Crippen LogP contribution is -2.50. The topological polar surface area (TPSA) is 101 Å². The molecule has 0 radical (unpaired) electrons. The van der Waals surface area contributed by atoms with Crippen LogP contribution in [0.5, 0.6) is 0 Å². The van der Waals surface area contributed by atoms with Crippen molar-refractivity contribution in [3.63, 3.8) is 0 Å². The Kier molecular flexibility index (Phi) is 5.76. The van der Waals surface area contributed by atoms with Crippen molar-refractivity contribution in [2.45, 2.75) is 18.4 Å². The minimum atomic E-state index is -0.712. The smallest absolute Gasteiger partial charge is 0.272 e. The molecule has 0 spiro atoms. The fraction of sp³-hybridized carbons (Fsp3) is 0.156. The van der Waals surface area contributed by atoms with Gasteiger partial charge in [-0.05, 0) is 39.9 Å². The Balaban J connectivity index is 1.36. The van der Waals surface area contributed by atoms with E-state index in [1.165, 1.54) is 18.2 Å². The number of halogens is 1. The number of non-ortho nitro benzene ring substituents is 1. The van der Waals surface area contributed by atoms with Gasteiger partial charge in [0.15, 0.2) is 0 Å². The summed E-state index contributed by atoms with van der Waals surface area (Å²) < 4.78 is 0. The maximum atomic E-state index is 14.4. The van der Waals surface area contributed by atoms with Crippen molar-refractivity contribution >= 4 is 35.0 Å². The van der Waals surface area contributed by atoms with Crippen molar-refractivity contribution in [2.24, 2.45) is 11.8 Å². The third kappa shape index (κ3) is 3.71. The Bertz CT molecular complexity index is 1670. The van der Waals surface area contributed by atoms with Crippen LogP contribution >= 0.6 is 11.6 Å². The summed E-state index contributed by atoms with van der Waals surface area (Å²) in [6.45, 7) is -0.173. The minimum Gasteiger partial charge on any atom is -0.272 e. The van der Waals surface area contributed by atoms with E-state index in [4.69, 9.17) is 11.6 Å². The van der Waals surface area contributed by atoms with E-state index in [1.807, 2.05) is 48.5 Å². The van der Waals surface area contributed by atoms with E-state index in [9.17, 15) is 24.5 Å². The molecule has 3 amide bonds. The molecule has 4 aliphatic rings. The molecule has 1 saturated heterocycles. The van der Waals surface area contributed by atoms with Gasteiger partial charge in [-0.25, -0.2) is 5.01 Å². The van der Waals surface area contributed by atoms with Crippen molar-refractivity contribution in [1.29, 1.82) is 0 Å². The van der Waals surface area contributed by atoms with Crippen LogP contribution in [0.2, 0.25) is 5.02 Å². The molecule has 9 heteroatoms. The second-order valence-electron chi connectivity index (χ2n) is 10.5. The van der Waals surface area contributed by atoms with Gasteiger partial charge in [0.05, 0.1) is 23.3 Å². The molecule has 8 rings (SSSR count). The van der Waals surface area contributed by atoms with E-state index in [0.717, 1.165) is 38.3 Å². The number of amides is 3. The highest BCUT2D eigenvalue weighted by Crippen LogP contribution is 2.61. The van der Waals surface area contributed by atoms with E-state index in [1.54, 1.807) is 24.3 Å². The SMILES string of the molecule is O=C(c1cccc([N+](=O)[O-])c1)N(Cc1ccccc1Cl)N1C(=O)[C@@H]2C3c4ccccc4C(c4ccccc43)[C@H]2C1=O. The molecule has 1 heterocycles. The summed E-state index contributed by atoms with van der Waals surface area (Å²) in [6, 6.07) is 27.9. The van der Waals surface area contributed by atoms with Crippen LogP contribution in [-0.4, -0.2) is 32.7 Å². The average molecular weight is 564 g/mol. The van der Waals surface area contributed by atoms with Gasteiger partial charge in [-0.15, -0.1) is 0 Å². The Hall–Kier alpha value is -4.82. The number of carbonyl (C=O) groups excluding carboxylic acids is 3. The number of nitrogens with zero attached hydrogens (tertiary/aromatic N) is 3. The lowest BCUT2D eigenvalue weighted by atomic mass is 9.55. The Labute approximate surface area is 239 Å². The standard InChI is InChI=1S/C32H22ClN3O5/c33-25-15-6-1-8-19(25)17-34(30(37)18-9-7-10-20(16-18)36(40)41)35-31(38)28-26-21-11-2-3-12-22(21)27(29(28)32(35)39)24-14-5-4-13-23(24)26/h1-16,26-29H,17H2/t26?,27?,28-,29-/m1/s1. The number of hydrogen-bond acceptors (Lipinski definition) is 5. The first-order valence-corrected chi connectivity index (χ1v) is 13.6. The van der Waals surface area contributed by atoms with Crippen molar-refractivity contribution in [1.82, 2.24) is 10.0 Å². The molecule has 1 fully saturated rings. The number of hydrazine groups is 1. The first-order chi connectivity index (χ1) is 19.9. The van der Waals surface area contributed by atoms with Crippen LogP contribution in [0.4, 0.5) is 5.69 Å². The maximum absolute atomic E-state index is 14.4. The molecule has 8 nitrogen and oxygen atoms in total. The quantitative estimate of drug-likeness (QED) is 0.176. The van der Waals surface area contributed by atoms with Gasteiger partial charge in [0.25, 0.3) is 23.4 Å². The highest BCUT2D eigenvalue weighted by molar-refractivity contribution is 6.31. The zero-order valence-electron chi connectivity index (χ0n) is 21.5. The normalized spacial score (nSPS) is 21.7. The van der Waals surface area contributed by atoms with E-state index < -0.39 is 34.5 Å². The second-order valence-corrected chi connectivity index (χ2v) is 10.9. The molecule has 2 atom stereocenters. The van der Waals surface area contributed by atoms with Gasteiger partial charge >= 0.3 is 0 Å². The minimum absolute atomic E-state index is 0.0173. The zero-order valence-corrected chi connectivity index (χ0v) is 22.3. The third-order valence-electron chi connectivity index (χ3n) is 8.48. The highest BCUT2D eigenvalue weighted by atomic mass is 35.5. The van der Waals surface area contributed by atoms with Gasteiger partial charge in [-0.3, -0.25) is 24.5 Å². The monoisotopic (exact) mass is 563 g/mol. The lowest BCUT2D eigenvalue weighted by Gasteiger charge is -2.45.